The smallest absolute Gasteiger partial charge is 0.191 e. The third-order valence-corrected chi connectivity index (χ3v) is 5.07. The number of rotatable bonds is 10. The second kappa shape index (κ2) is 14.0. The van der Waals surface area contributed by atoms with E-state index in [1.807, 2.05) is 36.6 Å². The van der Waals surface area contributed by atoms with Gasteiger partial charge in [0.05, 0.1) is 13.2 Å². The highest BCUT2D eigenvalue weighted by molar-refractivity contribution is 14.0. The van der Waals surface area contributed by atoms with Crippen molar-refractivity contribution in [2.75, 3.05) is 20.2 Å². The van der Waals surface area contributed by atoms with E-state index in [0.29, 0.717) is 6.61 Å². The Kier molecular flexibility index (Phi) is 12.3. The van der Waals surface area contributed by atoms with Crippen LogP contribution >= 0.6 is 35.3 Å². The van der Waals surface area contributed by atoms with Crippen molar-refractivity contribution < 1.29 is 4.74 Å². The molecule has 0 aliphatic heterocycles. The molecule has 6 heteroatoms. The van der Waals surface area contributed by atoms with Crippen molar-refractivity contribution in [3.8, 4) is 0 Å². The molecule has 1 heterocycles. The molecule has 1 aromatic carbocycles. The van der Waals surface area contributed by atoms with E-state index in [9.17, 15) is 0 Å². The number of halogens is 1. The highest BCUT2D eigenvalue weighted by Crippen LogP contribution is 2.16. The van der Waals surface area contributed by atoms with Gasteiger partial charge in [-0.05, 0) is 37.0 Å². The summed E-state index contributed by atoms with van der Waals surface area (Å²) in [6.07, 6.45) is 3.21. The second-order valence-corrected chi connectivity index (χ2v) is 7.07. The predicted octanol–water partition coefficient (Wildman–Crippen LogP) is 4.59. The van der Waals surface area contributed by atoms with Crippen molar-refractivity contribution in [3.05, 3.63) is 57.8 Å². The first kappa shape index (κ1) is 22.9. The van der Waals surface area contributed by atoms with E-state index in [1.165, 1.54) is 15.3 Å². The molecule has 1 aromatic heterocycles. The van der Waals surface area contributed by atoms with Gasteiger partial charge >= 0.3 is 0 Å². The first-order chi connectivity index (χ1) is 12.3. The molecular weight excluding hydrogens is 457 g/mol. The van der Waals surface area contributed by atoms with E-state index in [4.69, 9.17) is 4.74 Å². The summed E-state index contributed by atoms with van der Waals surface area (Å²) in [5, 5.41) is 6.72. The van der Waals surface area contributed by atoms with Gasteiger partial charge in [-0.25, -0.2) is 0 Å². The molecule has 2 N–H and O–H groups in total. The zero-order valence-electron chi connectivity index (χ0n) is 15.7. The normalized spacial score (nSPS) is 11.1. The number of guanidine groups is 1. The molecule has 0 atom stereocenters. The van der Waals surface area contributed by atoms with Crippen molar-refractivity contribution in [3.63, 3.8) is 0 Å². The van der Waals surface area contributed by atoms with Gasteiger partial charge in [0.1, 0.15) is 0 Å². The molecular formula is C20H30IN3OS. The molecule has 26 heavy (non-hydrogen) atoms. The Hall–Kier alpha value is -1.12. The maximum absolute atomic E-state index is 5.70. The van der Waals surface area contributed by atoms with Crippen molar-refractivity contribution in [2.24, 2.45) is 4.99 Å². The maximum atomic E-state index is 5.70. The van der Waals surface area contributed by atoms with Gasteiger partial charge in [-0.15, -0.1) is 35.3 Å². The van der Waals surface area contributed by atoms with Crippen LogP contribution in [0.5, 0.6) is 0 Å². The molecule has 0 amide bonds. The molecule has 0 saturated carbocycles. The number of hydrogen-bond donors (Lipinski definition) is 2. The Labute approximate surface area is 178 Å². The molecule has 0 fully saturated rings. The third kappa shape index (κ3) is 9.00. The highest BCUT2D eigenvalue weighted by Gasteiger charge is 2.01. The van der Waals surface area contributed by atoms with E-state index in [1.54, 1.807) is 0 Å². The van der Waals surface area contributed by atoms with Crippen LogP contribution in [0.2, 0.25) is 0 Å². The summed E-state index contributed by atoms with van der Waals surface area (Å²) in [5.74, 6) is 0.858. The summed E-state index contributed by atoms with van der Waals surface area (Å²) >= 11 is 1.86. The lowest BCUT2D eigenvalue weighted by Gasteiger charge is -2.11. The fourth-order valence-corrected chi connectivity index (χ4v) is 3.30. The molecule has 2 aromatic rings. The molecule has 2 rings (SSSR count). The number of ether oxygens (including phenoxy) is 1. The van der Waals surface area contributed by atoms with E-state index < -0.39 is 0 Å². The average Bonchev–Trinajstić information content (AvgIpc) is 3.12. The average molecular weight is 487 g/mol. The first-order valence-corrected chi connectivity index (χ1v) is 9.77. The van der Waals surface area contributed by atoms with Crippen LogP contribution in [0.4, 0.5) is 0 Å². The van der Waals surface area contributed by atoms with Crippen molar-refractivity contribution in [1.82, 2.24) is 10.6 Å². The van der Waals surface area contributed by atoms with Crippen molar-refractivity contribution in [2.45, 2.75) is 39.3 Å². The van der Waals surface area contributed by atoms with E-state index in [2.05, 4.69) is 46.8 Å². The lowest BCUT2D eigenvalue weighted by atomic mass is 10.2. The summed E-state index contributed by atoms with van der Waals surface area (Å²) in [7, 11) is 1.81. The van der Waals surface area contributed by atoms with Crippen LogP contribution in [-0.4, -0.2) is 26.2 Å². The van der Waals surface area contributed by atoms with E-state index in [-0.39, 0.29) is 24.0 Å². The zero-order chi connectivity index (χ0) is 17.7. The monoisotopic (exact) mass is 487 g/mol. The predicted molar refractivity (Wildman–Crippen MR) is 123 cm³/mol. The van der Waals surface area contributed by atoms with Crippen LogP contribution < -0.4 is 10.6 Å². The SMILES string of the molecule is CCc1ccc(CNC(=NC)NCCCCOCc2ccccc2)s1.I. The van der Waals surface area contributed by atoms with Crippen molar-refractivity contribution >= 4 is 41.3 Å². The Bertz CT molecular complexity index is 631. The van der Waals surface area contributed by atoms with Crippen LogP contribution in [-0.2, 0) is 24.3 Å². The fraction of sp³-hybridized carbons (Fsp3) is 0.450. The topological polar surface area (TPSA) is 45.7 Å². The van der Waals surface area contributed by atoms with Gasteiger partial charge in [0, 0.05) is 30.0 Å². The van der Waals surface area contributed by atoms with Crippen LogP contribution in [0.1, 0.15) is 35.1 Å². The molecule has 0 saturated heterocycles. The number of nitrogens with zero attached hydrogens (tertiary/aromatic N) is 1. The highest BCUT2D eigenvalue weighted by atomic mass is 127. The number of thiophene rings is 1. The summed E-state index contributed by atoms with van der Waals surface area (Å²) in [5.41, 5.74) is 1.23. The van der Waals surface area contributed by atoms with Gasteiger partial charge < -0.3 is 15.4 Å². The van der Waals surface area contributed by atoms with Crippen LogP contribution in [0.25, 0.3) is 0 Å². The molecule has 0 bridgehead atoms. The number of unbranched alkanes of at least 4 members (excludes halogenated alkanes) is 1. The van der Waals surface area contributed by atoms with Gasteiger partial charge in [0.2, 0.25) is 0 Å². The van der Waals surface area contributed by atoms with Crippen LogP contribution in [0.15, 0.2) is 47.5 Å². The number of aryl methyl sites for hydroxylation is 1. The largest absolute Gasteiger partial charge is 0.377 e. The Morgan fingerprint density at radius 2 is 1.81 bits per heavy atom. The fourth-order valence-electron chi connectivity index (χ4n) is 2.40. The summed E-state index contributed by atoms with van der Waals surface area (Å²) in [6, 6.07) is 14.7. The summed E-state index contributed by atoms with van der Waals surface area (Å²) in [6.45, 7) is 5.40. The molecule has 0 aliphatic rings. The molecule has 0 spiro atoms. The quantitative estimate of drug-likeness (QED) is 0.223. The van der Waals surface area contributed by atoms with Crippen LogP contribution in [0.3, 0.4) is 0 Å². The third-order valence-electron chi connectivity index (χ3n) is 3.84. The minimum absolute atomic E-state index is 0. The van der Waals surface area contributed by atoms with Crippen molar-refractivity contribution in [1.29, 1.82) is 0 Å². The van der Waals surface area contributed by atoms with E-state index in [0.717, 1.165) is 44.9 Å². The first-order valence-electron chi connectivity index (χ1n) is 8.95. The second-order valence-electron chi connectivity index (χ2n) is 5.82. The van der Waals surface area contributed by atoms with Gasteiger partial charge in [-0.3, -0.25) is 4.99 Å². The van der Waals surface area contributed by atoms with Gasteiger partial charge in [0.25, 0.3) is 0 Å². The lowest BCUT2D eigenvalue weighted by molar-refractivity contribution is 0.117. The Morgan fingerprint density at radius 1 is 1.04 bits per heavy atom. The minimum Gasteiger partial charge on any atom is -0.377 e. The van der Waals surface area contributed by atoms with Crippen LogP contribution in [0, 0.1) is 0 Å². The number of hydrogen-bond acceptors (Lipinski definition) is 3. The lowest BCUT2D eigenvalue weighted by Crippen LogP contribution is -2.37. The minimum atomic E-state index is 0. The molecule has 4 nitrogen and oxygen atoms in total. The summed E-state index contributed by atoms with van der Waals surface area (Å²) in [4.78, 5) is 7.04. The zero-order valence-corrected chi connectivity index (χ0v) is 18.8. The number of nitrogens with one attached hydrogen (secondary N) is 2. The number of benzene rings is 1. The number of aliphatic imine (C=N–C) groups is 1. The van der Waals surface area contributed by atoms with Gasteiger partial charge in [0.15, 0.2) is 5.96 Å². The Morgan fingerprint density at radius 3 is 2.50 bits per heavy atom. The van der Waals surface area contributed by atoms with E-state index >= 15 is 0 Å². The molecule has 0 unspecified atom stereocenters. The molecule has 0 radical (unpaired) electrons. The van der Waals surface area contributed by atoms with Gasteiger partial charge in [-0.1, -0.05) is 37.3 Å². The summed E-state index contributed by atoms with van der Waals surface area (Å²) < 4.78 is 5.70. The standard InChI is InChI=1S/C20H29N3OS.HI/c1-3-18-11-12-19(25-18)15-23-20(21-2)22-13-7-8-14-24-16-17-9-5-4-6-10-17;/h4-6,9-12H,3,7-8,13-16H2,1-2H3,(H2,21,22,23);1H. The maximum Gasteiger partial charge on any atom is 0.191 e. The Balaban J connectivity index is 0.00000338. The molecule has 0 aliphatic carbocycles. The molecule has 144 valence electrons. The van der Waals surface area contributed by atoms with Gasteiger partial charge in [-0.2, -0.15) is 0 Å².